The summed E-state index contributed by atoms with van der Waals surface area (Å²) in [5.74, 6) is 1.47. The quantitative estimate of drug-likeness (QED) is 0.549. The number of ether oxygens (including phenoxy) is 1. The summed E-state index contributed by atoms with van der Waals surface area (Å²) in [7, 11) is 0. The first kappa shape index (κ1) is 14.4. The van der Waals surface area contributed by atoms with Gasteiger partial charge in [-0.2, -0.15) is 0 Å². The van der Waals surface area contributed by atoms with Crippen LogP contribution in [-0.4, -0.2) is 11.6 Å². The van der Waals surface area contributed by atoms with E-state index in [1.54, 1.807) is 23.7 Å². The molecule has 0 spiro atoms. The van der Waals surface area contributed by atoms with E-state index in [0.717, 1.165) is 28.4 Å². The van der Waals surface area contributed by atoms with Crippen molar-refractivity contribution in [2.45, 2.75) is 6.42 Å². The van der Waals surface area contributed by atoms with Crippen LogP contribution in [0.15, 0.2) is 59.0 Å². The molecule has 0 amide bonds. The maximum absolute atomic E-state index is 6.01. The second kappa shape index (κ2) is 6.49. The van der Waals surface area contributed by atoms with Gasteiger partial charge >= 0.3 is 0 Å². The molecule has 2 aromatic heterocycles. The van der Waals surface area contributed by atoms with Crippen molar-refractivity contribution < 1.29 is 9.15 Å². The van der Waals surface area contributed by atoms with Crippen LogP contribution in [0.2, 0.25) is 0 Å². The third-order valence-corrected chi connectivity index (χ3v) is 3.96. The number of nitrogens with two attached hydrogens (primary N) is 1. The summed E-state index contributed by atoms with van der Waals surface area (Å²) in [4.78, 5) is 4.59. The molecule has 112 valence electrons. The zero-order valence-corrected chi connectivity index (χ0v) is 12.8. The summed E-state index contributed by atoms with van der Waals surface area (Å²) >= 11 is 1.61. The van der Waals surface area contributed by atoms with Crippen LogP contribution in [0.5, 0.6) is 5.75 Å². The summed E-state index contributed by atoms with van der Waals surface area (Å²) in [6.45, 7) is 4.07. The van der Waals surface area contributed by atoms with Crippen molar-refractivity contribution in [3.05, 3.63) is 65.2 Å². The first-order valence-electron chi connectivity index (χ1n) is 6.86. The highest BCUT2D eigenvalue weighted by Crippen LogP contribution is 2.27. The van der Waals surface area contributed by atoms with E-state index in [9.17, 15) is 0 Å². The number of anilines is 1. The maximum atomic E-state index is 6.01. The summed E-state index contributed by atoms with van der Waals surface area (Å²) in [6.07, 6.45) is 4.08. The molecule has 22 heavy (non-hydrogen) atoms. The smallest absolute Gasteiger partial charge is 0.153 e. The minimum Gasteiger partial charge on any atom is -0.487 e. The predicted molar refractivity (Wildman–Crippen MR) is 89.2 cm³/mol. The third kappa shape index (κ3) is 3.20. The molecule has 0 aliphatic heterocycles. The molecule has 0 atom stereocenters. The van der Waals surface area contributed by atoms with Gasteiger partial charge in [-0.05, 0) is 29.8 Å². The van der Waals surface area contributed by atoms with Crippen molar-refractivity contribution in [1.82, 2.24) is 4.98 Å². The molecule has 0 aliphatic carbocycles. The molecular weight excluding hydrogens is 296 g/mol. The zero-order valence-electron chi connectivity index (χ0n) is 12.0. The topological polar surface area (TPSA) is 61.3 Å². The minimum atomic E-state index is 0.447. The largest absolute Gasteiger partial charge is 0.487 e. The average molecular weight is 312 g/mol. The van der Waals surface area contributed by atoms with Crippen molar-refractivity contribution >= 4 is 17.0 Å². The lowest BCUT2D eigenvalue weighted by atomic mass is 10.1. The van der Waals surface area contributed by atoms with Crippen molar-refractivity contribution in [2.24, 2.45) is 0 Å². The number of hydrogen-bond donors (Lipinski definition) is 1. The summed E-state index contributed by atoms with van der Waals surface area (Å²) in [5.41, 5.74) is 8.60. The van der Waals surface area contributed by atoms with Gasteiger partial charge in [0, 0.05) is 11.8 Å². The van der Waals surface area contributed by atoms with Gasteiger partial charge in [-0.1, -0.05) is 18.7 Å². The Morgan fingerprint density at radius 3 is 3.00 bits per heavy atom. The first-order valence-corrected chi connectivity index (χ1v) is 7.74. The molecule has 0 bridgehead atoms. The number of hydrogen-bond acceptors (Lipinski definition) is 5. The van der Waals surface area contributed by atoms with Gasteiger partial charge in [0.2, 0.25) is 0 Å². The standard InChI is InChI=1S/C17H16N2O2S/c1-2-7-20-15-6-5-12(9-13(15)18)10-17-19-14(11-22-17)16-4-3-8-21-16/h2-6,8-9,11H,1,7,10,18H2. The Labute approximate surface area is 132 Å². The van der Waals surface area contributed by atoms with Gasteiger partial charge < -0.3 is 14.9 Å². The molecule has 0 saturated heterocycles. The number of nitrogens with zero attached hydrogens (tertiary/aromatic N) is 1. The normalized spacial score (nSPS) is 10.5. The van der Waals surface area contributed by atoms with Gasteiger partial charge in [-0.15, -0.1) is 11.3 Å². The van der Waals surface area contributed by atoms with Gasteiger partial charge in [-0.25, -0.2) is 4.98 Å². The Balaban J connectivity index is 1.73. The molecule has 0 radical (unpaired) electrons. The fraction of sp³-hybridized carbons (Fsp3) is 0.118. The van der Waals surface area contributed by atoms with Crippen molar-refractivity contribution in [3.8, 4) is 17.2 Å². The van der Waals surface area contributed by atoms with Gasteiger partial charge in [-0.3, -0.25) is 0 Å². The van der Waals surface area contributed by atoms with E-state index in [0.29, 0.717) is 18.0 Å². The second-order valence-electron chi connectivity index (χ2n) is 4.75. The van der Waals surface area contributed by atoms with E-state index in [-0.39, 0.29) is 0 Å². The van der Waals surface area contributed by atoms with Gasteiger partial charge in [0.25, 0.3) is 0 Å². The van der Waals surface area contributed by atoms with Crippen LogP contribution in [0.3, 0.4) is 0 Å². The number of thiazole rings is 1. The van der Waals surface area contributed by atoms with Crippen LogP contribution in [0.1, 0.15) is 10.6 Å². The highest BCUT2D eigenvalue weighted by Gasteiger charge is 2.08. The van der Waals surface area contributed by atoms with E-state index < -0.39 is 0 Å². The first-order chi connectivity index (χ1) is 10.8. The number of benzene rings is 1. The van der Waals surface area contributed by atoms with Crippen LogP contribution in [0.25, 0.3) is 11.5 Å². The number of furan rings is 1. The number of nitrogen functional groups attached to an aromatic ring is 1. The lowest BCUT2D eigenvalue weighted by molar-refractivity contribution is 0.365. The molecule has 0 aliphatic rings. The molecule has 1 aromatic carbocycles. The Hall–Kier alpha value is -2.53. The molecule has 4 nitrogen and oxygen atoms in total. The SMILES string of the molecule is C=CCOc1ccc(Cc2nc(-c3ccco3)cs2)cc1N. The van der Waals surface area contributed by atoms with Crippen molar-refractivity contribution in [2.75, 3.05) is 12.3 Å². The van der Waals surface area contributed by atoms with Gasteiger partial charge in [0.1, 0.15) is 18.1 Å². The molecule has 0 fully saturated rings. The molecule has 5 heteroatoms. The van der Waals surface area contributed by atoms with Crippen LogP contribution in [0.4, 0.5) is 5.69 Å². The van der Waals surface area contributed by atoms with E-state index in [1.807, 2.05) is 35.7 Å². The number of aromatic nitrogens is 1. The average Bonchev–Trinajstić information content (AvgIpc) is 3.17. The Morgan fingerprint density at radius 2 is 2.27 bits per heavy atom. The summed E-state index contributed by atoms with van der Waals surface area (Å²) in [6, 6.07) is 9.57. The van der Waals surface area contributed by atoms with E-state index in [2.05, 4.69) is 11.6 Å². The molecule has 2 N–H and O–H groups in total. The van der Waals surface area contributed by atoms with Crippen LogP contribution < -0.4 is 10.5 Å². The van der Waals surface area contributed by atoms with E-state index >= 15 is 0 Å². The number of rotatable bonds is 6. The van der Waals surface area contributed by atoms with Crippen LogP contribution in [0, 0.1) is 0 Å². The lowest BCUT2D eigenvalue weighted by Crippen LogP contribution is -1.99. The van der Waals surface area contributed by atoms with Crippen molar-refractivity contribution in [3.63, 3.8) is 0 Å². The fourth-order valence-corrected chi connectivity index (χ4v) is 2.91. The molecule has 2 heterocycles. The molecule has 3 aromatic rings. The predicted octanol–water partition coefficient (Wildman–Crippen LogP) is 4.14. The third-order valence-electron chi connectivity index (χ3n) is 3.11. The highest BCUT2D eigenvalue weighted by molar-refractivity contribution is 7.10. The molecule has 0 saturated carbocycles. The summed E-state index contributed by atoms with van der Waals surface area (Å²) < 4.78 is 10.8. The fourth-order valence-electron chi connectivity index (χ4n) is 2.09. The zero-order chi connectivity index (χ0) is 15.4. The molecule has 0 unspecified atom stereocenters. The lowest BCUT2D eigenvalue weighted by Gasteiger charge is -2.08. The highest BCUT2D eigenvalue weighted by atomic mass is 32.1. The molecule has 3 rings (SSSR count). The van der Waals surface area contributed by atoms with E-state index in [4.69, 9.17) is 14.9 Å². The Kier molecular flexibility index (Phi) is 4.25. The van der Waals surface area contributed by atoms with Gasteiger partial charge in [0.05, 0.1) is 17.0 Å². The summed E-state index contributed by atoms with van der Waals surface area (Å²) in [5, 5.41) is 3.02. The maximum Gasteiger partial charge on any atom is 0.153 e. The Morgan fingerprint density at radius 1 is 1.36 bits per heavy atom. The van der Waals surface area contributed by atoms with Crippen molar-refractivity contribution in [1.29, 1.82) is 0 Å². The molecular formula is C17H16N2O2S. The second-order valence-corrected chi connectivity index (χ2v) is 5.70. The minimum absolute atomic E-state index is 0.447. The van der Waals surface area contributed by atoms with E-state index in [1.165, 1.54) is 0 Å². The monoisotopic (exact) mass is 312 g/mol. The van der Waals surface area contributed by atoms with Crippen LogP contribution in [-0.2, 0) is 6.42 Å². The van der Waals surface area contributed by atoms with Crippen LogP contribution >= 0.6 is 11.3 Å². The van der Waals surface area contributed by atoms with Gasteiger partial charge in [0.15, 0.2) is 5.76 Å². The Bertz CT molecular complexity index is 763.